The lowest BCUT2D eigenvalue weighted by molar-refractivity contribution is -0.387. The predicted molar refractivity (Wildman–Crippen MR) is 68.7 cm³/mol. The van der Waals surface area contributed by atoms with E-state index in [-0.39, 0.29) is 18.0 Å². The Kier molecular flexibility index (Phi) is 4.09. The van der Waals surface area contributed by atoms with Gasteiger partial charge in [-0.1, -0.05) is 0 Å². The molecule has 0 radical (unpaired) electrons. The number of amides is 1. The van der Waals surface area contributed by atoms with Crippen LogP contribution in [-0.4, -0.2) is 10.8 Å². The van der Waals surface area contributed by atoms with Crippen LogP contribution in [0.25, 0.3) is 0 Å². The zero-order chi connectivity index (χ0) is 14.5. The number of hydrogen-bond acceptors (Lipinski definition) is 4. The predicted octanol–water partition coefficient (Wildman–Crippen LogP) is 2.90. The van der Waals surface area contributed by atoms with Crippen LogP contribution < -0.4 is 5.32 Å². The van der Waals surface area contributed by atoms with E-state index in [1.54, 1.807) is 12.1 Å². The van der Waals surface area contributed by atoms with E-state index in [4.69, 9.17) is 4.42 Å². The highest BCUT2D eigenvalue weighted by molar-refractivity contribution is 5.91. The molecule has 1 aromatic heterocycles. The average molecular weight is 278 g/mol. The molecule has 1 aromatic carbocycles. The van der Waals surface area contributed by atoms with Crippen LogP contribution in [0.4, 0.5) is 15.8 Å². The van der Waals surface area contributed by atoms with Gasteiger partial charge >= 0.3 is 5.69 Å². The summed E-state index contributed by atoms with van der Waals surface area (Å²) in [4.78, 5) is 21.4. The smallest absolute Gasteiger partial charge is 0.306 e. The molecule has 1 N–H and O–H groups in total. The number of rotatable bonds is 5. The van der Waals surface area contributed by atoms with Crippen LogP contribution in [0.1, 0.15) is 12.2 Å². The second kappa shape index (κ2) is 5.96. The van der Waals surface area contributed by atoms with Crippen LogP contribution in [0.5, 0.6) is 0 Å². The van der Waals surface area contributed by atoms with Gasteiger partial charge in [-0.2, -0.15) is 4.39 Å². The number of halogens is 1. The number of nitro benzene ring substituents is 1. The number of hydrogen-bond donors (Lipinski definition) is 1. The standard InChI is InChI=1S/C13H11FN2O4/c14-11-5-3-9(8-12(11)16(18)19)15-13(17)6-4-10-2-1-7-20-10/h1-3,5,7-8H,4,6H2,(H,15,17). The highest BCUT2D eigenvalue weighted by Gasteiger charge is 2.15. The summed E-state index contributed by atoms with van der Waals surface area (Å²) in [6.45, 7) is 0. The van der Waals surface area contributed by atoms with E-state index in [2.05, 4.69) is 5.32 Å². The zero-order valence-corrected chi connectivity index (χ0v) is 10.3. The topological polar surface area (TPSA) is 85.4 Å². The first-order valence-corrected chi connectivity index (χ1v) is 5.82. The van der Waals surface area contributed by atoms with Gasteiger partial charge in [-0.3, -0.25) is 14.9 Å². The summed E-state index contributed by atoms with van der Waals surface area (Å²) >= 11 is 0. The van der Waals surface area contributed by atoms with Gasteiger partial charge < -0.3 is 9.73 Å². The van der Waals surface area contributed by atoms with Gasteiger partial charge in [0.1, 0.15) is 5.76 Å². The first-order valence-electron chi connectivity index (χ1n) is 5.82. The van der Waals surface area contributed by atoms with Gasteiger partial charge in [-0.15, -0.1) is 0 Å². The van der Waals surface area contributed by atoms with Crippen molar-refractivity contribution in [3.63, 3.8) is 0 Å². The summed E-state index contributed by atoms with van der Waals surface area (Å²) in [5.41, 5.74) is -0.489. The number of nitro groups is 1. The van der Waals surface area contributed by atoms with E-state index in [9.17, 15) is 19.3 Å². The maximum absolute atomic E-state index is 13.1. The van der Waals surface area contributed by atoms with Crippen molar-refractivity contribution in [2.45, 2.75) is 12.8 Å². The first-order chi connectivity index (χ1) is 9.56. The molecule has 0 saturated heterocycles. The van der Waals surface area contributed by atoms with Crippen LogP contribution in [-0.2, 0) is 11.2 Å². The van der Waals surface area contributed by atoms with Crippen molar-refractivity contribution in [2.24, 2.45) is 0 Å². The van der Waals surface area contributed by atoms with E-state index in [1.807, 2.05) is 0 Å². The number of nitrogens with one attached hydrogen (secondary N) is 1. The zero-order valence-electron chi connectivity index (χ0n) is 10.3. The fourth-order valence-corrected chi connectivity index (χ4v) is 1.65. The summed E-state index contributed by atoms with van der Waals surface area (Å²) in [6, 6.07) is 6.67. The molecular formula is C13H11FN2O4. The fourth-order valence-electron chi connectivity index (χ4n) is 1.65. The third-order valence-corrected chi connectivity index (χ3v) is 2.61. The maximum Gasteiger partial charge on any atom is 0.306 e. The molecule has 104 valence electrons. The van der Waals surface area contributed by atoms with Gasteiger partial charge in [0.2, 0.25) is 11.7 Å². The van der Waals surface area contributed by atoms with E-state index in [1.165, 1.54) is 12.3 Å². The summed E-state index contributed by atoms with van der Waals surface area (Å²) in [7, 11) is 0. The fraction of sp³-hybridized carbons (Fsp3) is 0.154. The molecule has 0 saturated carbocycles. The summed E-state index contributed by atoms with van der Waals surface area (Å²) < 4.78 is 18.2. The van der Waals surface area contributed by atoms with Gasteiger partial charge in [0, 0.05) is 24.6 Å². The van der Waals surface area contributed by atoms with E-state index in [0.717, 1.165) is 12.1 Å². The monoisotopic (exact) mass is 278 g/mol. The lowest BCUT2D eigenvalue weighted by atomic mass is 10.2. The highest BCUT2D eigenvalue weighted by Crippen LogP contribution is 2.21. The minimum absolute atomic E-state index is 0.165. The molecule has 0 atom stereocenters. The van der Waals surface area contributed by atoms with Gasteiger partial charge in [0.05, 0.1) is 11.2 Å². The van der Waals surface area contributed by atoms with Crippen LogP contribution in [0.3, 0.4) is 0 Å². The normalized spacial score (nSPS) is 10.2. The third kappa shape index (κ3) is 3.41. The van der Waals surface area contributed by atoms with Crippen LogP contribution in [0.2, 0.25) is 0 Å². The number of carbonyl (C=O) groups is 1. The van der Waals surface area contributed by atoms with Crippen molar-refractivity contribution in [3.8, 4) is 0 Å². The van der Waals surface area contributed by atoms with E-state index in [0.29, 0.717) is 12.2 Å². The molecule has 7 heteroatoms. The Labute approximate surface area is 113 Å². The average Bonchev–Trinajstić information content (AvgIpc) is 2.91. The largest absolute Gasteiger partial charge is 0.469 e. The molecule has 0 bridgehead atoms. The van der Waals surface area contributed by atoms with Gasteiger partial charge in [0.25, 0.3) is 0 Å². The third-order valence-electron chi connectivity index (χ3n) is 2.61. The number of benzene rings is 1. The summed E-state index contributed by atoms with van der Waals surface area (Å²) in [5.74, 6) is -0.601. The molecule has 0 aliphatic rings. The molecular weight excluding hydrogens is 267 g/mol. The SMILES string of the molecule is O=C(CCc1ccco1)Nc1ccc(F)c([N+](=O)[O-])c1. The number of carbonyl (C=O) groups excluding carboxylic acids is 1. The molecule has 0 unspecified atom stereocenters. The molecule has 1 heterocycles. The number of furan rings is 1. The number of anilines is 1. The van der Waals surface area contributed by atoms with Gasteiger partial charge in [0.15, 0.2) is 0 Å². The van der Waals surface area contributed by atoms with Crippen molar-refractivity contribution in [1.29, 1.82) is 0 Å². The second-order valence-electron chi connectivity index (χ2n) is 4.05. The maximum atomic E-state index is 13.1. The minimum Gasteiger partial charge on any atom is -0.469 e. The molecule has 0 aliphatic carbocycles. The lowest BCUT2D eigenvalue weighted by Crippen LogP contribution is -2.12. The van der Waals surface area contributed by atoms with Crippen LogP contribution in [0.15, 0.2) is 41.0 Å². The first kappa shape index (κ1) is 13.7. The Bertz CT molecular complexity index is 625. The van der Waals surface area contributed by atoms with Crippen LogP contribution in [0, 0.1) is 15.9 Å². The molecule has 2 rings (SSSR count). The van der Waals surface area contributed by atoms with E-state index < -0.39 is 16.4 Å². The quantitative estimate of drug-likeness (QED) is 0.673. The lowest BCUT2D eigenvalue weighted by Gasteiger charge is -2.04. The summed E-state index contributed by atoms with van der Waals surface area (Å²) in [6.07, 6.45) is 2.09. The Balaban J connectivity index is 1.97. The Hall–Kier alpha value is -2.70. The van der Waals surface area contributed by atoms with Crippen molar-refractivity contribution < 1.29 is 18.5 Å². The van der Waals surface area contributed by atoms with E-state index >= 15 is 0 Å². The number of nitrogens with zero attached hydrogens (tertiary/aromatic N) is 1. The molecule has 0 spiro atoms. The van der Waals surface area contributed by atoms with Crippen molar-refractivity contribution in [2.75, 3.05) is 5.32 Å². The Morgan fingerprint density at radius 1 is 1.40 bits per heavy atom. The molecule has 0 aliphatic heterocycles. The second-order valence-corrected chi connectivity index (χ2v) is 4.05. The molecule has 0 fully saturated rings. The molecule has 1 amide bonds. The Morgan fingerprint density at radius 3 is 2.85 bits per heavy atom. The van der Waals surface area contributed by atoms with Crippen molar-refractivity contribution in [1.82, 2.24) is 0 Å². The van der Waals surface area contributed by atoms with Gasteiger partial charge in [-0.05, 0) is 24.3 Å². The molecule has 20 heavy (non-hydrogen) atoms. The highest BCUT2D eigenvalue weighted by atomic mass is 19.1. The molecule has 6 nitrogen and oxygen atoms in total. The minimum atomic E-state index is -0.941. The van der Waals surface area contributed by atoms with Gasteiger partial charge in [-0.25, -0.2) is 0 Å². The van der Waals surface area contributed by atoms with Crippen molar-refractivity contribution >= 4 is 17.3 Å². The summed E-state index contributed by atoms with van der Waals surface area (Å²) in [5, 5.41) is 13.1. The van der Waals surface area contributed by atoms with Crippen LogP contribution >= 0.6 is 0 Å². The van der Waals surface area contributed by atoms with Crippen molar-refractivity contribution in [3.05, 3.63) is 58.3 Å². The number of aryl methyl sites for hydroxylation is 1. The molecule has 2 aromatic rings. The Morgan fingerprint density at radius 2 is 2.20 bits per heavy atom.